The van der Waals surface area contributed by atoms with Crippen molar-refractivity contribution < 1.29 is 24.9 Å². The number of aliphatic carboxylic acids is 2. The fraction of sp³-hybridized carbons (Fsp3) is 0.158. The molecule has 0 fully saturated rings. The van der Waals surface area contributed by atoms with E-state index in [9.17, 15) is 14.7 Å². The molecule has 0 bridgehead atoms. The van der Waals surface area contributed by atoms with Gasteiger partial charge < -0.3 is 15.3 Å². The third-order valence-corrected chi connectivity index (χ3v) is 3.39. The molecule has 0 aliphatic rings. The van der Waals surface area contributed by atoms with Crippen LogP contribution in [0.25, 0.3) is 0 Å². The average Bonchev–Trinajstić information content (AvgIpc) is 2.62. The van der Waals surface area contributed by atoms with Crippen molar-refractivity contribution in [2.45, 2.75) is 12.1 Å². The summed E-state index contributed by atoms with van der Waals surface area (Å²) in [5.74, 6) is 3.37. The monoisotopic (exact) mass is 358 g/mol. The quantitative estimate of drug-likeness (QED) is 0.353. The van der Waals surface area contributed by atoms with Crippen LogP contribution in [0.3, 0.4) is 0 Å². The predicted molar refractivity (Wildman–Crippen MR) is 96.9 cm³/mol. The molecule has 2 atom stereocenters. The van der Waals surface area contributed by atoms with Crippen LogP contribution in [0.1, 0.15) is 23.3 Å². The first kappa shape index (κ1) is 21.0. The van der Waals surface area contributed by atoms with Gasteiger partial charge in [0.1, 0.15) is 0 Å². The minimum absolute atomic E-state index is 0.256. The van der Waals surface area contributed by atoms with Crippen LogP contribution in [0, 0.1) is 0 Å². The zero-order valence-electron chi connectivity index (χ0n) is 14.3. The molecule has 0 aromatic heterocycles. The third kappa shape index (κ3) is 7.27. The van der Waals surface area contributed by atoms with E-state index in [1.165, 1.54) is 0 Å². The first-order valence-corrected chi connectivity index (χ1v) is 7.72. The second-order valence-corrected chi connectivity index (χ2v) is 5.39. The van der Waals surface area contributed by atoms with E-state index in [0.29, 0.717) is 12.2 Å². The molecule has 0 amide bonds. The predicted octanol–water partition coefficient (Wildman–Crippen LogP) is 1.98. The van der Waals surface area contributed by atoms with Crippen LogP contribution in [0.2, 0.25) is 0 Å². The Morgan fingerprint density at radius 3 is 1.62 bits per heavy atom. The standard InChI is InChI=1S/C15H18N2O.C4H4O4/c1-17(16)14(12-8-4-2-5-9-12)15(18)13-10-6-3-7-11-13;5-3(6)1-2-4(7)8/h2-11,14-15,18H,16H2,1H3;1-2H,(H,5,6)(H,7,8)/b;2-1-. The van der Waals surface area contributed by atoms with Crippen molar-refractivity contribution in [2.75, 3.05) is 7.05 Å². The van der Waals surface area contributed by atoms with E-state index in [1.807, 2.05) is 60.7 Å². The van der Waals surface area contributed by atoms with Crippen molar-refractivity contribution in [3.8, 4) is 0 Å². The summed E-state index contributed by atoms with van der Waals surface area (Å²) in [4.78, 5) is 19.1. The molecule has 5 N–H and O–H groups in total. The Labute approximate surface area is 151 Å². The first-order valence-electron chi connectivity index (χ1n) is 7.72. The Balaban J connectivity index is 0.000000359. The third-order valence-electron chi connectivity index (χ3n) is 3.39. The summed E-state index contributed by atoms with van der Waals surface area (Å²) in [5, 5.41) is 27.7. The zero-order chi connectivity index (χ0) is 19.5. The Morgan fingerprint density at radius 1 is 0.885 bits per heavy atom. The molecule has 0 heterocycles. The van der Waals surface area contributed by atoms with E-state index in [1.54, 1.807) is 12.1 Å². The first-order chi connectivity index (χ1) is 12.3. The molecule has 7 nitrogen and oxygen atoms in total. The number of hydrogen-bond donors (Lipinski definition) is 4. The number of hydrogen-bond acceptors (Lipinski definition) is 5. The molecule has 0 spiro atoms. The molecular weight excluding hydrogens is 336 g/mol. The smallest absolute Gasteiger partial charge is 0.328 e. The molecule has 0 radical (unpaired) electrons. The maximum absolute atomic E-state index is 10.5. The number of carboxylic acid groups (broad SMARTS) is 2. The number of nitrogens with zero attached hydrogens (tertiary/aromatic N) is 1. The maximum Gasteiger partial charge on any atom is 0.328 e. The van der Waals surface area contributed by atoms with E-state index < -0.39 is 18.0 Å². The average molecular weight is 358 g/mol. The van der Waals surface area contributed by atoms with Gasteiger partial charge >= 0.3 is 11.9 Å². The minimum Gasteiger partial charge on any atom is -0.478 e. The van der Waals surface area contributed by atoms with E-state index in [0.717, 1.165) is 11.1 Å². The largest absolute Gasteiger partial charge is 0.478 e. The van der Waals surface area contributed by atoms with Gasteiger partial charge in [0.25, 0.3) is 0 Å². The van der Waals surface area contributed by atoms with Gasteiger partial charge in [-0.05, 0) is 11.1 Å². The molecule has 0 aliphatic carbocycles. The Morgan fingerprint density at radius 2 is 1.27 bits per heavy atom. The van der Waals surface area contributed by atoms with Gasteiger partial charge in [0.2, 0.25) is 0 Å². The minimum atomic E-state index is -1.26. The molecule has 7 heteroatoms. The highest BCUT2D eigenvalue weighted by atomic mass is 16.4. The Hall–Kier alpha value is -3.00. The fourth-order valence-electron chi connectivity index (χ4n) is 2.27. The summed E-state index contributed by atoms with van der Waals surface area (Å²) in [5.41, 5.74) is 1.86. The number of carbonyl (C=O) groups is 2. The van der Waals surface area contributed by atoms with Crippen molar-refractivity contribution in [1.82, 2.24) is 5.01 Å². The highest BCUT2D eigenvalue weighted by Gasteiger charge is 2.24. The summed E-state index contributed by atoms with van der Waals surface area (Å²) in [6.07, 6.45) is 0.466. The Kier molecular flexibility index (Phi) is 8.72. The zero-order valence-corrected chi connectivity index (χ0v) is 14.3. The molecule has 2 unspecified atom stereocenters. The maximum atomic E-state index is 10.5. The van der Waals surface area contributed by atoms with Gasteiger partial charge in [-0.25, -0.2) is 14.6 Å². The van der Waals surface area contributed by atoms with Crippen LogP contribution in [0.5, 0.6) is 0 Å². The second-order valence-electron chi connectivity index (χ2n) is 5.39. The molecular formula is C19H22N2O5. The van der Waals surface area contributed by atoms with Gasteiger partial charge in [0, 0.05) is 19.2 Å². The summed E-state index contributed by atoms with van der Waals surface area (Å²) in [6, 6.07) is 19.1. The van der Waals surface area contributed by atoms with Gasteiger partial charge in [-0.2, -0.15) is 0 Å². The number of aliphatic hydroxyl groups is 1. The lowest BCUT2D eigenvalue weighted by molar-refractivity contribution is -0.134. The van der Waals surface area contributed by atoms with Crippen LogP contribution in [0.4, 0.5) is 0 Å². The molecule has 0 saturated heterocycles. The van der Waals surface area contributed by atoms with Gasteiger partial charge in [-0.1, -0.05) is 60.7 Å². The van der Waals surface area contributed by atoms with E-state index in [2.05, 4.69) is 0 Å². The van der Waals surface area contributed by atoms with Crippen molar-refractivity contribution >= 4 is 11.9 Å². The van der Waals surface area contributed by atoms with Crippen molar-refractivity contribution in [2.24, 2.45) is 5.84 Å². The molecule has 2 rings (SSSR count). The van der Waals surface area contributed by atoms with Gasteiger partial charge in [-0.15, -0.1) is 0 Å². The van der Waals surface area contributed by atoms with Gasteiger partial charge in [-0.3, -0.25) is 5.84 Å². The van der Waals surface area contributed by atoms with E-state index >= 15 is 0 Å². The molecule has 0 saturated carbocycles. The van der Waals surface area contributed by atoms with E-state index in [4.69, 9.17) is 16.1 Å². The highest BCUT2D eigenvalue weighted by molar-refractivity contribution is 5.89. The molecule has 0 aliphatic heterocycles. The summed E-state index contributed by atoms with van der Waals surface area (Å²) < 4.78 is 0. The lowest BCUT2D eigenvalue weighted by Crippen LogP contribution is -2.35. The van der Waals surface area contributed by atoms with Crippen LogP contribution in [0.15, 0.2) is 72.8 Å². The molecule has 2 aromatic rings. The number of likely N-dealkylation sites (N-methyl/N-ethyl adjacent to an activating group) is 1. The number of carboxylic acids is 2. The summed E-state index contributed by atoms with van der Waals surface area (Å²) in [7, 11) is 1.77. The topological polar surface area (TPSA) is 124 Å². The number of aliphatic hydroxyl groups excluding tert-OH is 1. The fourth-order valence-corrected chi connectivity index (χ4v) is 2.27. The number of hydrazine groups is 1. The van der Waals surface area contributed by atoms with Crippen LogP contribution >= 0.6 is 0 Å². The van der Waals surface area contributed by atoms with Gasteiger partial charge in [0.05, 0.1) is 12.1 Å². The van der Waals surface area contributed by atoms with Crippen LogP contribution in [-0.4, -0.2) is 39.3 Å². The second kappa shape index (κ2) is 10.8. The van der Waals surface area contributed by atoms with Crippen LogP contribution < -0.4 is 5.84 Å². The highest BCUT2D eigenvalue weighted by Crippen LogP contribution is 2.31. The van der Waals surface area contributed by atoms with Crippen LogP contribution in [-0.2, 0) is 9.59 Å². The lowest BCUT2D eigenvalue weighted by atomic mass is 9.95. The molecule has 2 aromatic carbocycles. The summed E-state index contributed by atoms with van der Waals surface area (Å²) >= 11 is 0. The van der Waals surface area contributed by atoms with E-state index in [-0.39, 0.29) is 6.04 Å². The van der Waals surface area contributed by atoms with Gasteiger partial charge in [0.15, 0.2) is 0 Å². The summed E-state index contributed by atoms with van der Waals surface area (Å²) in [6.45, 7) is 0. The number of nitrogens with two attached hydrogens (primary N) is 1. The SMILES string of the molecule is CN(N)C(c1ccccc1)C(O)c1ccccc1.O=C(O)/C=C\C(=O)O. The number of rotatable bonds is 6. The Bertz CT molecular complexity index is 701. The van der Waals surface area contributed by atoms with Crippen molar-refractivity contribution in [1.29, 1.82) is 0 Å². The number of benzene rings is 2. The lowest BCUT2D eigenvalue weighted by Gasteiger charge is -2.29. The molecule has 26 heavy (non-hydrogen) atoms. The van der Waals surface area contributed by atoms with Crippen molar-refractivity contribution in [3.05, 3.63) is 83.9 Å². The molecule has 138 valence electrons. The van der Waals surface area contributed by atoms with Crippen molar-refractivity contribution in [3.63, 3.8) is 0 Å². The normalized spacial score (nSPS) is 12.9.